The molecule has 0 fully saturated rings. The molecular weight excluding hydrogens is 376 g/mol. The molecule has 0 aliphatic carbocycles. The summed E-state index contributed by atoms with van der Waals surface area (Å²) in [4.78, 5) is 0. The van der Waals surface area contributed by atoms with Crippen LogP contribution >= 0.6 is 0 Å². The smallest absolute Gasteiger partial charge is 0.230 e. The van der Waals surface area contributed by atoms with Crippen molar-refractivity contribution in [2.24, 2.45) is 0 Å². The van der Waals surface area contributed by atoms with Crippen molar-refractivity contribution in [1.29, 1.82) is 0 Å². The number of imidazole rings is 1. The number of aryl methyl sites for hydroxylation is 2. The van der Waals surface area contributed by atoms with E-state index < -0.39 is 0 Å². The Bertz CT molecular complexity index is 621. The normalized spacial score (nSPS) is 11.3. The molecule has 0 bridgehead atoms. The average molecular weight is 426 g/mol. The minimum absolute atomic E-state index is 1.14. The maximum atomic E-state index is 2.50. The molecule has 0 atom stereocenters. The quantitative estimate of drug-likeness (QED) is 0.157. The van der Waals surface area contributed by atoms with Crippen molar-refractivity contribution in [1.82, 2.24) is 4.57 Å². The van der Waals surface area contributed by atoms with Gasteiger partial charge in [-0.3, -0.25) is 0 Å². The first kappa shape index (κ1) is 25.7. The van der Waals surface area contributed by atoms with Gasteiger partial charge in [0, 0.05) is 0 Å². The van der Waals surface area contributed by atoms with Gasteiger partial charge in [-0.25, -0.2) is 9.13 Å². The number of unbranched alkanes of at least 4 members (excludes halogenated alkanes) is 14. The Hall–Kier alpha value is -1.57. The summed E-state index contributed by atoms with van der Waals surface area (Å²) in [7, 11) is 0. The van der Waals surface area contributed by atoms with E-state index in [0.717, 1.165) is 13.1 Å². The largest absolute Gasteiger partial charge is 0.288 e. The molecule has 1 aromatic carbocycles. The van der Waals surface area contributed by atoms with Crippen molar-refractivity contribution in [2.75, 3.05) is 0 Å². The van der Waals surface area contributed by atoms with Gasteiger partial charge in [-0.2, -0.15) is 0 Å². The SMILES string of the molecule is CCCCCCCCCCn1cc[n+](CCCCCCCCCC)c1-c1ccccc1. The van der Waals surface area contributed by atoms with Crippen LogP contribution in [0.5, 0.6) is 0 Å². The second kappa shape index (κ2) is 17.0. The van der Waals surface area contributed by atoms with Gasteiger partial charge in [-0.05, 0) is 37.8 Å². The molecule has 2 aromatic rings. The lowest BCUT2D eigenvalue weighted by Gasteiger charge is -2.06. The minimum Gasteiger partial charge on any atom is -0.230 e. The summed E-state index contributed by atoms with van der Waals surface area (Å²) in [5, 5.41) is 0. The molecular formula is C29H49N2+. The van der Waals surface area contributed by atoms with Crippen molar-refractivity contribution in [3.63, 3.8) is 0 Å². The molecule has 174 valence electrons. The molecule has 2 nitrogen and oxygen atoms in total. The van der Waals surface area contributed by atoms with E-state index in [1.165, 1.54) is 114 Å². The molecule has 2 rings (SSSR count). The highest BCUT2D eigenvalue weighted by atomic mass is 15.1. The highest BCUT2D eigenvalue weighted by Crippen LogP contribution is 2.18. The maximum absolute atomic E-state index is 2.50. The molecule has 0 unspecified atom stereocenters. The highest BCUT2D eigenvalue weighted by molar-refractivity contribution is 5.52. The predicted octanol–water partition coefficient (Wildman–Crippen LogP) is 8.72. The Labute approximate surface area is 193 Å². The molecule has 0 N–H and O–H groups in total. The third-order valence-corrected chi connectivity index (χ3v) is 6.51. The molecule has 0 aliphatic rings. The van der Waals surface area contributed by atoms with Crippen LogP contribution in [0.2, 0.25) is 0 Å². The molecule has 2 heteroatoms. The van der Waals surface area contributed by atoms with Gasteiger partial charge in [0.2, 0.25) is 0 Å². The topological polar surface area (TPSA) is 8.81 Å². The average Bonchev–Trinajstić information content (AvgIpc) is 3.20. The molecule has 0 aliphatic heterocycles. The number of hydrogen-bond acceptors (Lipinski definition) is 0. The summed E-state index contributed by atoms with van der Waals surface area (Å²) >= 11 is 0. The third-order valence-electron chi connectivity index (χ3n) is 6.51. The van der Waals surface area contributed by atoms with E-state index in [4.69, 9.17) is 0 Å². The summed E-state index contributed by atoms with van der Waals surface area (Å²) in [6, 6.07) is 11.0. The predicted molar refractivity (Wildman–Crippen MR) is 135 cm³/mol. The van der Waals surface area contributed by atoms with E-state index in [1.54, 1.807) is 0 Å². The fourth-order valence-corrected chi connectivity index (χ4v) is 4.58. The second-order valence-corrected chi connectivity index (χ2v) is 9.32. The Balaban J connectivity index is 1.79. The van der Waals surface area contributed by atoms with Crippen LogP contribution in [0.4, 0.5) is 0 Å². The number of nitrogens with zero attached hydrogens (tertiary/aromatic N) is 2. The lowest BCUT2D eigenvalue weighted by Crippen LogP contribution is -2.34. The van der Waals surface area contributed by atoms with Crippen LogP contribution in [0.15, 0.2) is 42.7 Å². The van der Waals surface area contributed by atoms with Crippen molar-refractivity contribution in [2.45, 2.75) is 130 Å². The van der Waals surface area contributed by atoms with Gasteiger partial charge in [0.25, 0.3) is 5.82 Å². The molecule has 0 saturated carbocycles. The van der Waals surface area contributed by atoms with E-state index in [-0.39, 0.29) is 0 Å². The van der Waals surface area contributed by atoms with Crippen molar-refractivity contribution in [3.05, 3.63) is 42.7 Å². The minimum atomic E-state index is 1.14. The fraction of sp³-hybridized carbons (Fsp3) is 0.690. The Morgan fingerprint density at radius 3 is 1.71 bits per heavy atom. The molecule has 1 aromatic heterocycles. The van der Waals surface area contributed by atoms with Crippen LogP contribution in [-0.2, 0) is 13.1 Å². The number of rotatable bonds is 19. The zero-order chi connectivity index (χ0) is 22.0. The highest BCUT2D eigenvalue weighted by Gasteiger charge is 2.18. The summed E-state index contributed by atoms with van der Waals surface area (Å²) in [6.07, 6.45) is 26.7. The van der Waals surface area contributed by atoms with Gasteiger partial charge in [-0.1, -0.05) is 109 Å². The number of aromatic nitrogens is 2. The van der Waals surface area contributed by atoms with Crippen LogP contribution in [-0.4, -0.2) is 4.57 Å². The van der Waals surface area contributed by atoms with Gasteiger partial charge in [0.05, 0.1) is 18.7 Å². The van der Waals surface area contributed by atoms with Crippen LogP contribution in [0, 0.1) is 0 Å². The zero-order valence-corrected chi connectivity index (χ0v) is 20.7. The van der Waals surface area contributed by atoms with Gasteiger partial charge >= 0.3 is 0 Å². The Morgan fingerprint density at radius 2 is 1.13 bits per heavy atom. The monoisotopic (exact) mass is 425 g/mol. The van der Waals surface area contributed by atoms with E-state index >= 15 is 0 Å². The van der Waals surface area contributed by atoms with Crippen molar-refractivity contribution >= 4 is 0 Å². The Morgan fingerprint density at radius 1 is 0.613 bits per heavy atom. The van der Waals surface area contributed by atoms with Gasteiger partial charge in [0.1, 0.15) is 12.4 Å². The molecule has 31 heavy (non-hydrogen) atoms. The number of hydrogen-bond donors (Lipinski definition) is 0. The van der Waals surface area contributed by atoms with Crippen LogP contribution in [0.3, 0.4) is 0 Å². The van der Waals surface area contributed by atoms with Crippen LogP contribution in [0.25, 0.3) is 11.4 Å². The first-order valence-corrected chi connectivity index (χ1v) is 13.5. The van der Waals surface area contributed by atoms with Crippen LogP contribution in [0.1, 0.15) is 117 Å². The lowest BCUT2D eigenvalue weighted by atomic mass is 10.1. The number of benzene rings is 1. The van der Waals surface area contributed by atoms with Gasteiger partial charge in [-0.15, -0.1) is 0 Å². The summed E-state index contributed by atoms with van der Waals surface area (Å²) < 4.78 is 4.99. The molecule has 0 amide bonds. The van der Waals surface area contributed by atoms with Crippen molar-refractivity contribution < 1.29 is 4.57 Å². The standard InChI is InChI=1S/C29H49N2/c1-3-5-7-9-11-13-15-20-24-30-26-27-31(29(30)28-22-18-17-19-23-28)25-21-16-14-12-10-8-6-4-2/h17-19,22-23,26-27H,3-16,20-21,24-25H2,1-2H3/q+1. The Kier molecular flexibility index (Phi) is 14.1. The van der Waals surface area contributed by atoms with Crippen molar-refractivity contribution in [3.8, 4) is 11.4 Å². The van der Waals surface area contributed by atoms with E-state index in [1.807, 2.05) is 0 Å². The lowest BCUT2D eigenvalue weighted by molar-refractivity contribution is -0.686. The van der Waals surface area contributed by atoms with E-state index in [2.05, 4.69) is 65.7 Å². The van der Waals surface area contributed by atoms with Gasteiger partial charge in [0.15, 0.2) is 0 Å². The first-order valence-electron chi connectivity index (χ1n) is 13.5. The summed E-state index contributed by atoms with van der Waals surface area (Å²) in [5.41, 5.74) is 1.35. The van der Waals surface area contributed by atoms with E-state index in [9.17, 15) is 0 Å². The van der Waals surface area contributed by atoms with E-state index in [0.29, 0.717) is 0 Å². The summed E-state index contributed by atoms with van der Waals surface area (Å²) in [6.45, 7) is 6.87. The molecule has 0 spiro atoms. The van der Waals surface area contributed by atoms with Crippen LogP contribution < -0.4 is 4.57 Å². The molecule has 0 radical (unpaired) electrons. The first-order chi connectivity index (χ1) is 15.4. The van der Waals surface area contributed by atoms with Gasteiger partial charge < -0.3 is 0 Å². The summed E-state index contributed by atoms with van der Waals surface area (Å²) in [5.74, 6) is 1.39. The molecule has 0 saturated heterocycles. The molecule has 1 heterocycles. The third kappa shape index (κ3) is 10.5. The fourth-order valence-electron chi connectivity index (χ4n) is 4.58. The zero-order valence-electron chi connectivity index (χ0n) is 20.7. The maximum Gasteiger partial charge on any atom is 0.288 e. The second-order valence-electron chi connectivity index (χ2n) is 9.32.